The van der Waals surface area contributed by atoms with Crippen LogP contribution in [0, 0.1) is 5.41 Å². The first-order chi connectivity index (χ1) is 18.8. The van der Waals surface area contributed by atoms with E-state index in [9.17, 15) is 0 Å². The predicted molar refractivity (Wildman–Crippen MR) is 163 cm³/mol. The summed E-state index contributed by atoms with van der Waals surface area (Å²) in [5, 5.41) is 2.93. The van der Waals surface area contributed by atoms with Crippen molar-refractivity contribution in [1.82, 2.24) is 9.97 Å². The van der Waals surface area contributed by atoms with Crippen molar-refractivity contribution in [1.29, 1.82) is 0 Å². The highest BCUT2D eigenvalue weighted by Crippen LogP contribution is 2.47. The Labute approximate surface area is 231 Å². The number of fused-ring (bicyclic) bond motifs is 12. The maximum absolute atomic E-state index is 5.10. The Morgan fingerprint density at radius 2 is 1.28 bits per heavy atom. The highest BCUT2D eigenvalue weighted by atomic mass is 14.9. The summed E-state index contributed by atoms with van der Waals surface area (Å²) in [7, 11) is 0. The molecule has 0 fully saturated rings. The molecule has 0 radical (unpaired) electrons. The fourth-order valence-corrected chi connectivity index (χ4v) is 7.62. The molecule has 8 rings (SSSR count). The van der Waals surface area contributed by atoms with Crippen molar-refractivity contribution in [3.8, 4) is 22.4 Å². The van der Waals surface area contributed by atoms with Crippen LogP contribution in [0.4, 0.5) is 0 Å². The average Bonchev–Trinajstić information content (AvgIpc) is 3.57. The van der Waals surface area contributed by atoms with Crippen LogP contribution >= 0.6 is 0 Å². The Bertz CT molecular complexity index is 1780. The first kappa shape index (κ1) is 23.4. The molecule has 4 aliphatic rings. The standard InChI is InChI=1S/C36H37N3/c1-19(2)35-38-32-17-15-27-25-9-8-20-21(24(25)12-13-29(27)34(32)39-35)6-7-23-22(20)10-11-28-26(23)14-16-31-30(28)18-33(37-31)36(3,4)5/h6-7,10-13,19H,8-9,14-18H2,1-5H3,(H,38,39). The number of imidazole rings is 1. The molecule has 1 aliphatic heterocycles. The number of benzene rings is 3. The van der Waals surface area contributed by atoms with Crippen molar-refractivity contribution in [3.05, 3.63) is 81.4 Å². The van der Waals surface area contributed by atoms with Crippen LogP contribution in [0.2, 0.25) is 0 Å². The number of nitrogens with zero attached hydrogens (tertiary/aromatic N) is 2. The van der Waals surface area contributed by atoms with Crippen molar-refractivity contribution >= 4 is 22.1 Å². The minimum atomic E-state index is 0.134. The molecule has 196 valence electrons. The number of allylic oxidation sites excluding steroid dienone is 2. The lowest BCUT2D eigenvalue weighted by Gasteiger charge is -2.28. The molecule has 0 unspecified atom stereocenters. The number of hydrogen-bond acceptors (Lipinski definition) is 2. The second-order valence-corrected chi connectivity index (χ2v) is 13.4. The molecule has 3 aliphatic carbocycles. The third kappa shape index (κ3) is 3.35. The topological polar surface area (TPSA) is 41.0 Å². The van der Waals surface area contributed by atoms with Crippen molar-refractivity contribution in [2.75, 3.05) is 0 Å². The lowest BCUT2D eigenvalue weighted by Crippen LogP contribution is -2.18. The van der Waals surface area contributed by atoms with Gasteiger partial charge in [0.1, 0.15) is 5.82 Å². The van der Waals surface area contributed by atoms with Gasteiger partial charge in [-0.25, -0.2) is 4.98 Å². The third-order valence-electron chi connectivity index (χ3n) is 9.76. The van der Waals surface area contributed by atoms with Crippen LogP contribution in [-0.4, -0.2) is 15.7 Å². The van der Waals surface area contributed by atoms with Crippen LogP contribution in [0.3, 0.4) is 0 Å². The zero-order valence-electron chi connectivity index (χ0n) is 23.9. The molecule has 0 saturated carbocycles. The largest absolute Gasteiger partial charge is 0.345 e. The van der Waals surface area contributed by atoms with E-state index in [1.54, 1.807) is 16.7 Å². The van der Waals surface area contributed by atoms with Gasteiger partial charge in [0.25, 0.3) is 0 Å². The Balaban J connectivity index is 1.22. The Hall–Kier alpha value is -3.46. The van der Waals surface area contributed by atoms with Crippen LogP contribution in [-0.2, 0) is 32.1 Å². The molecule has 0 bridgehead atoms. The molecule has 2 heterocycles. The van der Waals surface area contributed by atoms with E-state index in [4.69, 9.17) is 9.98 Å². The number of aryl methyl sites for hydroxylation is 3. The summed E-state index contributed by atoms with van der Waals surface area (Å²) in [5.74, 6) is 1.54. The van der Waals surface area contributed by atoms with E-state index in [-0.39, 0.29) is 5.41 Å². The van der Waals surface area contributed by atoms with Crippen molar-refractivity contribution < 1.29 is 0 Å². The Kier molecular flexibility index (Phi) is 4.83. The van der Waals surface area contributed by atoms with Crippen molar-refractivity contribution in [2.45, 2.75) is 85.5 Å². The Morgan fingerprint density at radius 1 is 0.692 bits per heavy atom. The monoisotopic (exact) mass is 511 g/mol. The number of H-pyrrole nitrogens is 1. The number of aromatic nitrogens is 2. The minimum Gasteiger partial charge on any atom is -0.345 e. The van der Waals surface area contributed by atoms with Gasteiger partial charge in [0.05, 0.1) is 5.69 Å². The summed E-state index contributed by atoms with van der Waals surface area (Å²) in [6.07, 6.45) is 7.59. The minimum absolute atomic E-state index is 0.134. The SMILES string of the molecule is CC(C)c1nc2c([nH]1)CCc1c-2ccc2c1CCc1c-2ccc2c3c(ccc12)C1=C(CC3)N=C(C(C)(C)C)C1. The van der Waals surface area contributed by atoms with Gasteiger partial charge in [-0.15, -0.1) is 0 Å². The summed E-state index contributed by atoms with van der Waals surface area (Å²) < 4.78 is 0. The van der Waals surface area contributed by atoms with Gasteiger partial charge in [-0.3, -0.25) is 4.99 Å². The molecule has 3 nitrogen and oxygen atoms in total. The van der Waals surface area contributed by atoms with E-state index in [0.29, 0.717) is 5.92 Å². The van der Waals surface area contributed by atoms with Gasteiger partial charge in [0.15, 0.2) is 0 Å². The van der Waals surface area contributed by atoms with Gasteiger partial charge >= 0.3 is 0 Å². The molecule has 4 aromatic rings. The summed E-state index contributed by atoms with van der Waals surface area (Å²) in [6.45, 7) is 11.3. The van der Waals surface area contributed by atoms with Crippen LogP contribution in [0.15, 0.2) is 47.1 Å². The molecule has 0 spiro atoms. The number of nitrogens with one attached hydrogen (secondary N) is 1. The van der Waals surface area contributed by atoms with Crippen molar-refractivity contribution in [2.24, 2.45) is 10.4 Å². The lowest BCUT2D eigenvalue weighted by atomic mass is 9.76. The molecule has 39 heavy (non-hydrogen) atoms. The van der Waals surface area contributed by atoms with Crippen LogP contribution in [0.1, 0.15) is 92.7 Å². The van der Waals surface area contributed by atoms with Crippen molar-refractivity contribution in [3.63, 3.8) is 0 Å². The summed E-state index contributed by atoms with van der Waals surface area (Å²) in [5.41, 5.74) is 18.7. The van der Waals surface area contributed by atoms with Crippen LogP contribution in [0.25, 0.3) is 38.7 Å². The number of aliphatic imine (C=N–C) groups is 1. The smallest absolute Gasteiger partial charge is 0.109 e. The van der Waals surface area contributed by atoms with Gasteiger partial charge in [0.2, 0.25) is 0 Å². The molecule has 3 heteroatoms. The molecule has 0 amide bonds. The maximum Gasteiger partial charge on any atom is 0.109 e. The quantitative estimate of drug-likeness (QED) is 0.273. The normalized spacial score (nSPS) is 17.4. The third-order valence-corrected chi connectivity index (χ3v) is 9.76. The summed E-state index contributed by atoms with van der Waals surface area (Å²) in [4.78, 5) is 13.8. The first-order valence-corrected chi connectivity index (χ1v) is 14.9. The highest BCUT2D eigenvalue weighted by molar-refractivity contribution is 6.06. The molecule has 0 atom stereocenters. The maximum atomic E-state index is 5.10. The molecule has 0 saturated heterocycles. The van der Waals surface area contributed by atoms with Crippen LogP contribution in [0.5, 0.6) is 0 Å². The van der Waals surface area contributed by atoms with Gasteiger partial charge < -0.3 is 4.98 Å². The highest BCUT2D eigenvalue weighted by Gasteiger charge is 2.32. The van der Waals surface area contributed by atoms with E-state index < -0.39 is 0 Å². The van der Waals surface area contributed by atoms with E-state index >= 15 is 0 Å². The Morgan fingerprint density at radius 3 is 2.05 bits per heavy atom. The first-order valence-electron chi connectivity index (χ1n) is 14.9. The number of aromatic amines is 1. The summed E-state index contributed by atoms with van der Waals surface area (Å²) in [6, 6.07) is 14.4. The van der Waals surface area contributed by atoms with Gasteiger partial charge in [-0.2, -0.15) is 0 Å². The average molecular weight is 512 g/mol. The molecule has 1 N–H and O–H groups in total. The zero-order chi connectivity index (χ0) is 26.6. The summed E-state index contributed by atoms with van der Waals surface area (Å²) >= 11 is 0. The lowest BCUT2D eigenvalue weighted by molar-refractivity contribution is 0.585. The predicted octanol–water partition coefficient (Wildman–Crippen LogP) is 8.77. The molecular weight excluding hydrogens is 474 g/mol. The van der Waals surface area contributed by atoms with E-state index in [0.717, 1.165) is 50.8 Å². The van der Waals surface area contributed by atoms with Gasteiger partial charge in [-0.1, -0.05) is 71.0 Å². The van der Waals surface area contributed by atoms with E-state index in [2.05, 4.69) is 76.0 Å². The van der Waals surface area contributed by atoms with E-state index in [1.807, 2.05) is 0 Å². The van der Waals surface area contributed by atoms with E-state index in [1.165, 1.54) is 67.0 Å². The number of rotatable bonds is 1. The number of hydrogen-bond donors (Lipinski definition) is 1. The van der Waals surface area contributed by atoms with Gasteiger partial charge in [0, 0.05) is 40.4 Å². The fraction of sp³-hybridized carbons (Fsp3) is 0.389. The second-order valence-electron chi connectivity index (χ2n) is 13.4. The van der Waals surface area contributed by atoms with Gasteiger partial charge in [-0.05, 0) is 93.8 Å². The second kappa shape index (κ2) is 8.03. The fourth-order valence-electron chi connectivity index (χ4n) is 7.62. The molecule has 1 aromatic heterocycles. The zero-order valence-corrected chi connectivity index (χ0v) is 23.9. The molecular formula is C36H37N3. The molecule has 3 aromatic carbocycles. The van der Waals surface area contributed by atoms with Crippen LogP contribution < -0.4 is 0 Å².